The number of aromatic nitrogens is 1. The van der Waals surface area contributed by atoms with Gasteiger partial charge in [-0.3, -0.25) is 4.21 Å². The summed E-state index contributed by atoms with van der Waals surface area (Å²) in [6, 6.07) is 4.24. The third kappa shape index (κ3) is 2.76. The molecular formula is C12H13FN2OS2. The van der Waals surface area contributed by atoms with E-state index in [2.05, 4.69) is 4.98 Å². The lowest BCUT2D eigenvalue weighted by Crippen LogP contribution is -1.98. The monoisotopic (exact) mass is 284 g/mol. The molecule has 96 valence electrons. The summed E-state index contributed by atoms with van der Waals surface area (Å²) in [6.07, 6.45) is 0. The zero-order valence-corrected chi connectivity index (χ0v) is 11.7. The van der Waals surface area contributed by atoms with Crippen molar-refractivity contribution in [2.75, 3.05) is 5.73 Å². The molecule has 1 unspecified atom stereocenters. The smallest absolute Gasteiger partial charge is 0.147 e. The van der Waals surface area contributed by atoms with Gasteiger partial charge in [0, 0.05) is 9.77 Å². The molecule has 2 rings (SSSR count). The molecule has 3 nitrogen and oxygen atoms in total. The van der Waals surface area contributed by atoms with Crippen LogP contribution in [0, 0.1) is 19.7 Å². The van der Waals surface area contributed by atoms with Gasteiger partial charge in [0.15, 0.2) is 0 Å². The van der Waals surface area contributed by atoms with Gasteiger partial charge in [0.05, 0.1) is 27.9 Å². The third-order valence-corrected chi connectivity index (χ3v) is 5.13. The highest BCUT2D eigenvalue weighted by molar-refractivity contribution is 7.84. The summed E-state index contributed by atoms with van der Waals surface area (Å²) < 4.78 is 25.3. The van der Waals surface area contributed by atoms with E-state index in [-0.39, 0.29) is 5.69 Å². The SMILES string of the molecule is Cc1nc(CS(=O)c2ccc(N)c(F)c2)sc1C. The average molecular weight is 284 g/mol. The first-order chi connectivity index (χ1) is 8.47. The molecule has 18 heavy (non-hydrogen) atoms. The number of nitrogens with zero attached hydrogens (tertiary/aromatic N) is 1. The van der Waals surface area contributed by atoms with Crippen LogP contribution >= 0.6 is 11.3 Å². The molecule has 0 spiro atoms. The van der Waals surface area contributed by atoms with Gasteiger partial charge in [-0.1, -0.05) is 0 Å². The molecule has 1 heterocycles. The van der Waals surface area contributed by atoms with Crippen LogP contribution < -0.4 is 5.73 Å². The van der Waals surface area contributed by atoms with Crippen molar-refractivity contribution >= 4 is 27.8 Å². The fraction of sp³-hybridized carbons (Fsp3) is 0.250. The van der Waals surface area contributed by atoms with Gasteiger partial charge in [-0.25, -0.2) is 9.37 Å². The Morgan fingerprint density at radius 1 is 1.44 bits per heavy atom. The number of benzene rings is 1. The highest BCUT2D eigenvalue weighted by Gasteiger charge is 2.11. The van der Waals surface area contributed by atoms with Crippen LogP contribution in [0.2, 0.25) is 0 Å². The molecule has 0 saturated heterocycles. The van der Waals surface area contributed by atoms with E-state index in [1.165, 1.54) is 23.5 Å². The molecule has 0 aliphatic heterocycles. The molecule has 0 radical (unpaired) electrons. The number of anilines is 1. The topological polar surface area (TPSA) is 56.0 Å². The molecule has 0 bridgehead atoms. The third-order valence-electron chi connectivity index (χ3n) is 2.56. The lowest BCUT2D eigenvalue weighted by atomic mass is 10.3. The van der Waals surface area contributed by atoms with Crippen LogP contribution in [0.3, 0.4) is 0 Å². The van der Waals surface area contributed by atoms with Crippen molar-refractivity contribution in [2.45, 2.75) is 24.5 Å². The first-order valence-electron chi connectivity index (χ1n) is 5.33. The number of hydrogen-bond acceptors (Lipinski definition) is 4. The number of nitrogen functional groups attached to an aromatic ring is 1. The maximum Gasteiger partial charge on any atom is 0.147 e. The molecular weight excluding hydrogens is 271 g/mol. The molecule has 6 heteroatoms. The minimum atomic E-state index is -1.30. The fourth-order valence-electron chi connectivity index (χ4n) is 1.45. The van der Waals surface area contributed by atoms with Gasteiger partial charge < -0.3 is 5.73 Å². The van der Waals surface area contributed by atoms with E-state index in [1.54, 1.807) is 6.07 Å². The zero-order valence-electron chi connectivity index (χ0n) is 10.1. The molecule has 0 amide bonds. The van der Waals surface area contributed by atoms with E-state index >= 15 is 0 Å². The molecule has 1 atom stereocenters. The molecule has 1 aromatic heterocycles. The number of thiazole rings is 1. The standard InChI is InChI=1S/C12H13FN2OS2/c1-7-8(2)17-12(15-7)6-18(16)9-3-4-11(14)10(13)5-9/h3-5H,6,14H2,1-2H3. The maximum atomic E-state index is 13.3. The normalized spacial score (nSPS) is 12.6. The van der Waals surface area contributed by atoms with Gasteiger partial charge in [0.25, 0.3) is 0 Å². The second-order valence-electron chi connectivity index (χ2n) is 3.92. The second-order valence-corrected chi connectivity index (χ2v) is 6.66. The van der Waals surface area contributed by atoms with Crippen LogP contribution in [0.1, 0.15) is 15.6 Å². The van der Waals surface area contributed by atoms with Crippen LogP contribution in [0.15, 0.2) is 23.1 Å². The van der Waals surface area contributed by atoms with Crippen molar-refractivity contribution in [3.8, 4) is 0 Å². The van der Waals surface area contributed by atoms with Crippen molar-refractivity contribution in [2.24, 2.45) is 0 Å². The van der Waals surface area contributed by atoms with E-state index < -0.39 is 16.6 Å². The summed E-state index contributed by atoms with van der Waals surface area (Å²) in [7, 11) is -1.30. The van der Waals surface area contributed by atoms with E-state index in [1.807, 2.05) is 13.8 Å². The molecule has 2 aromatic rings. The van der Waals surface area contributed by atoms with Crippen LogP contribution in [-0.4, -0.2) is 9.19 Å². The molecule has 2 N–H and O–H groups in total. The van der Waals surface area contributed by atoms with Crippen LogP contribution in [-0.2, 0) is 16.6 Å². The van der Waals surface area contributed by atoms with Crippen molar-refractivity contribution < 1.29 is 8.60 Å². The molecule has 0 aliphatic rings. The van der Waals surface area contributed by atoms with E-state index in [0.29, 0.717) is 10.6 Å². The Labute approximate surface area is 111 Å². The van der Waals surface area contributed by atoms with Gasteiger partial charge >= 0.3 is 0 Å². The Balaban J connectivity index is 2.19. The van der Waals surface area contributed by atoms with E-state index in [4.69, 9.17) is 5.73 Å². The molecule has 1 aromatic carbocycles. The quantitative estimate of drug-likeness (QED) is 0.882. The number of halogens is 1. The number of aryl methyl sites for hydroxylation is 2. The predicted octanol–water partition coefficient (Wildman–Crippen LogP) is 2.79. The summed E-state index contributed by atoms with van der Waals surface area (Å²) in [5.41, 5.74) is 6.40. The van der Waals surface area contributed by atoms with Gasteiger partial charge in [-0.2, -0.15) is 0 Å². The summed E-state index contributed by atoms with van der Waals surface area (Å²) >= 11 is 1.52. The number of rotatable bonds is 3. The summed E-state index contributed by atoms with van der Waals surface area (Å²) in [5.74, 6) is -0.227. The Bertz CT molecular complexity index is 591. The highest BCUT2D eigenvalue weighted by Crippen LogP contribution is 2.21. The van der Waals surface area contributed by atoms with E-state index in [0.717, 1.165) is 15.6 Å². The fourth-order valence-corrected chi connectivity index (χ4v) is 3.64. The van der Waals surface area contributed by atoms with Crippen molar-refractivity contribution in [1.82, 2.24) is 4.98 Å². The minimum absolute atomic E-state index is 0.0664. The molecule has 0 fully saturated rings. The van der Waals surface area contributed by atoms with Crippen molar-refractivity contribution in [1.29, 1.82) is 0 Å². The summed E-state index contributed by atoms with van der Waals surface area (Å²) in [4.78, 5) is 5.88. The van der Waals surface area contributed by atoms with Gasteiger partial charge in [0.1, 0.15) is 10.8 Å². The Hall–Kier alpha value is -1.27. The molecule has 0 saturated carbocycles. The summed E-state index contributed by atoms with van der Waals surface area (Å²) in [5, 5.41) is 0.806. The predicted molar refractivity (Wildman–Crippen MR) is 72.5 cm³/mol. The largest absolute Gasteiger partial charge is 0.396 e. The lowest BCUT2D eigenvalue weighted by molar-refractivity contribution is 0.627. The Morgan fingerprint density at radius 3 is 2.72 bits per heavy atom. The minimum Gasteiger partial charge on any atom is -0.396 e. The second kappa shape index (κ2) is 5.16. The summed E-state index contributed by atoms with van der Waals surface area (Å²) in [6.45, 7) is 3.89. The lowest BCUT2D eigenvalue weighted by Gasteiger charge is -2.02. The van der Waals surface area contributed by atoms with Crippen LogP contribution in [0.5, 0.6) is 0 Å². The number of nitrogens with two attached hydrogens (primary N) is 1. The first-order valence-corrected chi connectivity index (χ1v) is 7.47. The van der Waals surface area contributed by atoms with Crippen molar-refractivity contribution in [3.63, 3.8) is 0 Å². The Morgan fingerprint density at radius 2 is 2.17 bits per heavy atom. The Kier molecular flexibility index (Phi) is 3.77. The maximum absolute atomic E-state index is 13.3. The van der Waals surface area contributed by atoms with Crippen LogP contribution in [0.25, 0.3) is 0 Å². The highest BCUT2D eigenvalue weighted by atomic mass is 32.2. The van der Waals surface area contributed by atoms with Crippen molar-refractivity contribution in [3.05, 3.63) is 39.6 Å². The van der Waals surface area contributed by atoms with Gasteiger partial charge in [0.2, 0.25) is 0 Å². The zero-order chi connectivity index (χ0) is 13.3. The van der Waals surface area contributed by atoms with Gasteiger partial charge in [-0.15, -0.1) is 11.3 Å². The van der Waals surface area contributed by atoms with Crippen LogP contribution in [0.4, 0.5) is 10.1 Å². The van der Waals surface area contributed by atoms with E-state index in [9.17, 15) is 8.60 Å². The molecule has 0 aliphatic carbocycles. The van der Waals surface area contributed by atoms with Gasteiger partial charge in [-0.05, 0) is 32.0 Å². The first kappa shape index (κ1) is 13.2. The average Bonchev–Trinajstić information content (AvgIpc) is 2.61. The number of hydrogen-bond donors (Lipinski definition) is 1.